The summed E-state index contributed by atoms with van der Waals surface area (Å²) in [6, 6.07) is 19.9. The summed E-state index contributed by atoms with van der Waals surface area (Å²) in [5.41, 5.74) is 5.65. The highest BCUT2D eigenvalue weighted by molar-refractivity contribution is 6.00. The lowest BCUT2D eigenvalue weighted by atomic mass is 9.98. The molecule has 0 unspecified atom stereocenters. The lowest BCUT2D eigenvalue weighted by Crippen LogP contribution is -2.28. The molecule has 9 heteroatoms. The van der Waals surface area contributed by atoms with Crippen molar-refractivity contribution in [2.24, 2.45) is 0 Å². The second kappa shape index (κ2) is 12.9. The van der Waals surface area contributed by atoms with Crippen LogP contribution in [0.25, 0.3) is 22.2 Å². The molecule has 0 radical (unpaired) electrons. The van der Waals surface area contributed by atoms with Gasteiger partial charge in [-0.2, -0.15) is 0 Å². The van der Waals surface area contributed by atoms with Crippen molar-refractivity contribution in [1.29, 1.82) is 0 Å². The smallest absolute Gasteiger partial charge is 0.344 e. The second-order valence-corrected chi connectivity index (χ2v) is 11.8. The van der Waals surface area contributed by atoms with Crippen molar-refractivity contribution in [3.05, 3.63) is 83.2 Å². The topological polar surface area (TPSA) is 109 Å². The summed E-state index contributed by atoms with van der Waals surface area (Å²) in [5, 5.41) is 2.79. The summed E-state index contributed by atoms with van der Waals surface area (Å²) in [7, 11) is 0. The third-order valence-corrected chi connectivity index (χ3v) is 7.52. The number of aryl methyl sites for hydroxylation is 2. The van der Waals surface area contributed by atoms with Gasteiger partial charge in [0.05, 0.1) is 23.0 Å². The molecule has 1 amide bonds. The van der Waals surface area contributed by atoms with E-state index in [0.29, 0.717) is 30.9 Å². The van der Waals surface area contributed by atoms with Gasteiger partial charge in [-0.25, -0.2) is 9.78 Å². The van der Waals surface area contributed by atoms with Crippen LogP contribution >= 0.6 is 0 Å². The highest BCUT2D eigenvalue weighted by Gasteiger charge is 2.29. The van der Waals surface area contributed by atoms with E-state index in [4.69, 9.17) is 19.2 Å². The van der Waals surface area contributed by atoms with Gasteiger partial charge in [0.15, 0.2) is 6.61 Å². The van der Waals surface area contributed by atoms with Gasteiger partial charge >= 0.3 is 11.9 Å². The van der Waals surface area contributed by atoms with Gasteiger partial charge in [-0.1, -0.05) is 48.5 Å². The van der Waals surface area contributed by atoms with Gasteiger partial charge in [0.25, 0.3) is 5.91 Å². The van der Waals surface area contributed by atoms with Crippen molar-refractivity contribution in [3.8, 4) is 16.9 Å². The molecular formula is C35H39N3O6. The van der Waals surface area contributed by atoms with Crippen molar-refractivity contribution in [2.45, 2.75) is 65.5 Å². The molecule has 0 saturated carbocycles. The van der Waals surface area contributed by atoms with E-state index in [2.05, 4.69) is 29.6 Å². The van der Waals surface area contributed by atoms with Crippen LogP contribution in [0.3, 0.4) is 0 Å². The quantitative estimate of drug-likeness (QED) is 0.217. The Labute approximate surface area is 257 Å². The Balaban J connectivity index is 1.31. The number of amides is 1. The Morgan fingerprint density at radius 2 is 1.59 bits per heavy atom. The normalized spacial score (nSPS) is 12.5. The van der Waals surface area contributed by atoms with E-state index >= 15 is 0 Å². The van der Waals surface area contributed by atoms with Crippen molar-refractivity contribution in [1.82, 2.24) is 14.9 Å². The highest BCUT2D eigenvalue weighted by Crippen LogP contribution is 2.44. The highest BCUT2D eigenvalue weighted by atomic mass is 16.6. The summed E-state index contributed by atoms with van der Waals surface area (Å²) in [6.45, 7) is 10.1. The third-order valence-electron chi connectivity index (χ3n) is 7.52. The summed E-state index contributed by atoms with van der Waals surface area (Å²) < 4.78 is 18.9. The van der Waals surface area contributed by atoms with Crippen LogP contribution in [0, 0.1) is 0 Å². The summed E-state index contributed by atoms with van der Waals surface area (Å²) >= 11 is 0. The number of hydrogen-bond acceptors (Lipinski definition) is 7. The molecule has 0 atom stereocenters. The molecule has 1 N–H and O–H groups in total. The zero-order valence-corrected chi connectivity index (χ0v) is 25.9. The number of aromatic nitrogens is 2. The van der Waals surface area contributed by atoms with Crippen molar-refractivity contribution < 1.29 is 28.6 Å². The number of ether oxygens (including phenoxy) is 3. The minimum Gasteiger partial charge on any atom is -0.481 e. The Morgan fingerprint density at radius 3 is 2.20 bits per heavy atom. The first-order valence-electron chi connectivity index (χ1n) is 15.1. The zero-order chi connectivity index (χ0) is 31.4. The maximum atomic E-state index is 13.0. The number of esters is 2. The van der Waals surface area contributed by atoms with Crippen LogP contribution in [-0.2, 0) is 32.0 Å². The van der Waals surface area contributed by atoms with Crippen LogP contribution in [0.5, 0.6) is 5.75 Å². The molecule has 0 spiro atoms. The van der Waals surface area contributed by atoms with Crippen molar-refractivity contribution in [2.75, 3.05) is 19.8 Å². The number of carbonyl (C=O) groups is 3. The van der Waals surface area contributed by atoms with Crippen LogP contribution in [0.4, 0.5) is 0 Å². The number of imidazole rings is 1. The molecule has 1 heterocycles. The SMILES string of the molecule is CCNC(=O)c1cc2nc(CCC(=O)OCC3c4ccccc4-c4ccccc43)n(CC)c2cc1OCC(=O)OC(C)(C)C. The van der Waals surface area contributed by atoms with Crippen LogP contribution < -0.4 is 10.1 Å². The minimum absolute atomic E-state index is 0.00152. The number of carbonyl (C=O) groups excluding carboxylic acids is 3. The van der Waals surface area contributed by atoms with Crippen LogP contribution in [0.2, 0.25) is 0 Å². The fourth-order valence-corrected chi connectivity index (χ4v) is 5.71. The molecule has 44 heavy (non-hydrogen) atoms. The number of nitrogens with zero attached hydrogens (tertiary/aromatic N) is 2. The molecule has 9 nitrogen and oxygen atoms in total. The summed E-state index contributed by atoms with van der Waals surface area (Å²) in [4.78, 5) is 42.9. The van der Waals surface area contributed by atoms with Gasteiger partial charge in [-0.05, 0) is 62.9 Å². The average molecular weight is 598 g/mol. The fourth-order valence-electron chi connectivity index (χ4n) is 5.71. The van der Waals surface area contributed by atoms with Crippen LogP contribution in [-0.4, -0.2) is 52.8 Å². The molecule has 1 aliphatic rings. The van der Waals surface area contributed by atoms with Gasteiger partial charge in [0.2, 0.25) is 0 Å². The Morgan fingerprint density at radius 1 is 0.932 bits per heavy atom. The molecule has 0 aliphatic heterocycles. The molecule has 5 rings (SSSR count). The predicted molar refractivity (Wildman–Crippen MR) is 168 cm³/mol. The maximum Gasteiger partial charge on any atom is 0.344 e. The van der Waals surface area contributed by atoms with E-state index in [1.54, 1.807) is 32.9 Å². The molecule has 0 fully saturated rings. The first-order chi connectivity index (χ1) is 21.1. The van der Waals surface area contributed by atoms with Gasteiger partial charge in [-0.3, -0.25) is 9.59 Å². The molecule has 3 aromatic carbocycles. The van der Waals surface area contributed by atoms with E-state index in [9.17, 15) is 14.4 Å². The van der Waals surface area contributed by atoms with E-state index in [1.165, 1.54) is 22.3 Å². The van der Waals surface area contributed by atoms with Crippen molar-refractivity contribution in [3.63, 3.8) is 0 Å². The first kappa shape index (κ1) is 30.8. The maximum absolute atomic E-state index is 13.0. The van der Waals surface area contributed by atoms with E-state index in [0.717, 1.165) is 5.52 Å². The van der Waals surface area contributed by atoms with Gasteiger partial charge < -0.3 is 24.1 Å². The van der Waals surface area contributed by atoms with E-state index in [1.807, 2.05) is 42.7 Å². The number of fused-ring (bicyclic) bond motifs is 4. The molecule has 1 aliphatic carbocycles. The lowest BCUT2D eigenvalue weighted by Gasteiger charge is -2.20. The molecule has 0 saturated heterocycles. The van der Waals surface area contributed by atoms with E-state index in [-0.39, 0.29) is 48.7 Å². The van der Waals surface area contributed by atoms with Gasteiger partial charge in [-0.15, -0.1) is 0 Å². The number of hydrogen-bond donors (Lipinski definition) is 1. The van der Waals surface area contributed by atoms with Crippen molar-refractivity contribution >= 4 is 28.9 Å². The summed E-state index contributed by atoms with van der Waals surface area (Å²) in [6.07, 6.45) is 0.522. The molecular weight excluding hydrogens is 558 g/mol. The molecule has 4 aromatic rings. The zero-order valence-electron chi connectivity index (χ0n) is 25.9. The molecule has 1 aromatic heterocycles. The molecule has 230 valence electrons. The fraction of sp³-hybridized carbons (Fsp3) is 0.371. The Kier molecular flexibility index (Phi) is 9.04. The Bertz CT molecular complexity index is 1660. The average Bonchev–Trinajstić information content (AvgIpc) is 3.51. The number of benzene rings is 3. The largest absolute Gasteiger partial charge is 0.481 e. The number of nitrogens with one attached hydrogen (secondary N) is 1. The van der Waals surface area contributed by atoms with Crippen LogP contribution in [0.15, 0.2) is 60.7 Å². The van der Waals surface area contributed by atoms with E-state index < -0.39 is 11.6 Å². The molecule has 0 bridgehead atoms. The third kappa shape index (κ3) is 6.61. The van der Waals surface area contributed by atoms with Gasteiger partial charge in [0.1, 0.15) is 23.8 Å². The minimum atomic E-state index is -0.657. The predicted octanol–water partition coefficient (Wildman–Crippen LogP) is 5.81. The monoisotopic (exact) mass is 597 g/mol. The second-order valence-electron chi connectivity index (χ2n) is 11.8. The summed E-state index contributed by atoms with van der Waals surface area (Å²) in [5.74, 6) is -0.217. The first-order valence-corrected chi connectivity index (χ1v) is 15.1. The van der Waals surface area contributed by atoms with Gasteiger partial charge in [0, 0.05) is 31.5 Å². The number of rotatable bonds is 11. The Hall–Kier alpha value is -4.66. The van der Waals surface area contributed by atoms with Crippen LogP contribution in [0.1, 0.15) is 74.3 Å². The lowest BCUT2D eigenvalue weighted by molar-refractivity contribution is -0.157. The standard InChI is InChI=1S/C35H39N3O6/c1-6-36-34(41)26-18-28-29(19-30(26)42-21-33(40)44-35(3,4)5)38(7-2)31(37-28)16-17-32(39)43-20-27-24-14-10-8-12-22(24)23-13-9-11-15-25(23)27/h8-15,18-19,27H,6-7,16-17,20-21H2,1-5H3,(H,36,41).